The molecule has 3 rings (SSSR count). The lowest BCUT2D eigenvalue weighted by atomic mass is 10.0. The van der Waals surface area contributed by atoms with Crippen LogP contribution in [0.1, 0.15) is 17.3 Å². The first-order valence-corrected chi connectivity index (χ1v) is 7.97. The Hall–Kier alpha value is -3.40. The zero-order valence-electron chi connectivity index (χ0n) is 13.8. The summed E-state index contributed by atoms with van der Waals surface area (Å²) < 4.78 is 0. The molecule has 0 fully saturated rings. The third-order valence-corrected chi connectivity index (χ3v) is 3.71. The minimum Gasteiger partial charge on any atom is -0.326 e. The lowest BCUT2D eigenvalue weighted by Gasteiger charge is -2.12. The second-order valence-electron chi connectivity index (χ2n) is 5.63. The van der Waals surface area contributed by atoms with Gasteiger partial charge in [0.1, 0.15) is 0 Å². The van der Waals surface area contributed by atoms with E-state index in [1.807, 2.05) is 54.6 Å². The predicted molar refractivity (Wildman–Crippen MR) is 101 cm³/mol. The Morgan fingerprint density at radius 3 is 2.24 bits per heavy atom. The largest absolute Gasteiger partial charge is 0.326 e. The van der Waals surface area contributed by atoms with E-state index in [1.165, 1.54) is 6.92 Å². The van der Waals surface area contributed by atoms with Gasteiger partial charge in [-0.3, -0.25) is 9.59 Å². The molecule has 0 atom stereocenters. The normalized spacial score (nSPS) is 10.1. The first-order chi connectivity index (χ1) is 12.1. The zero-order valence-corrected chi connectivity index (χ0v) is 13.8. The first-order valence-electron chi connectivity index (χ1n) is 7.97. The van der Waals surface area contributed by atoms with Crippen LogP contribution in [0.3, 0.4) is 0 Å². The van der Waals surface area contributed by atoms with E-state index in [-0.39, 0.29) is 11.8 Å². The molecule has 3 aromatic carbocycles. The molecule has 0 radical (unpaired) electrons. The van der Waals surface area contributed by atoms with E-state index in [1.54, 1.807) is 24.3 Å². The molecule has 25 heavy (non-hydrogen) atoms. The molecule has 0 bridgehead atoms. The SMILES string of the molecule is CC(=O)Nc1cccc(C(=O)Nc2ccccc2-c2ccccc2)c1. The third-order valence-electron chi connectivity index (χ3n) is 3.71. The van der Waals surface area contributed by atoms with Crippen molar-refractivity contribution >= 4 is 23.2 Å². The molecule has 0 spiro atoms. The van der Waals surface area contributed by atoms with Crippen LogP contribution in [0.15, 0.2) is 78.9 Å². The van der Waals surface area contributed by atoms with Crippen LogP contribution in [0.4, 0.5) is 11.4 Å². The number of nitrogens with one attached hydrogen (secondary N) is 2. The van der Waals surface area contributed by atoms with Gasteiger partial charge >= 0.3 is 0 Å². The van der Waals surface area contributed by atoms with Crippen LogP contribution in [0.2, 0.25) is 0 Å². The molecule has 0 saturated carbocycles. The Bertz CT molecular complexity index is 905. The van der Waals surface area contributed by atoms with Gasteiger partial charge in [-0.2, -0.15) is 0 Å². The van der Waals surface area contributed by atoms with Crippen LogP contribution in [-0.2, 0) is 4.79 Å². The highest BCUT2D eigenvalue weighted by Gasteiger charge is 2.10. The van der Waals surface area contributed by atoms with E-state index in [4.69, 9.17) is 0 Å². The van der Waals surface area contributed by atoms with Crippen LogP contribution in [-0.4, -0.2) is 11.8 Å². The Morgan fingerprint density at radius 1 is 0.760 bits per heavy atom. The lowest BCUT2D eigenvalue weighted by Crippen LogP contribution is -2.13. The summed E-state index contributed by atoms with van der Waals surface area (Å²) in [4.78, 5) is 23.8. The average Bonchev–Trinajstić information content (AvgIpc) is 2.62. The zero-order chi connectivity index (χ0) is 17.6. The third kappa shape index (κ3) is 4.12. The highest BCUT2D eigenvalue weighted by Crippen LogP contribution is 2.28. The minimum atomic E-state index is -0.226. The number of carbonyl (C=O) groups excluding carboxylic acids is 2. The fourth-order valence-corrected chi connectivity index (χ4v) is 2.60. The van der Waals surface area contributed by atoms with Crippen molar-refractivity contribution in [3.63, 3.8) is 0 Å². The van der Waals surface area contributed by atoms with Gasteiger partial charge in [0.2, 0.25) is 5.91 Å². The number of benzene rings is 3. The molecule has 0 heterocycles. The van der Waals surface area contributed by atoms with Crippen LogP contribution in [0, 0.1) is 0 Å². The van der Waals surface area contributed by atoms with Gasteiger partial charge < -0.3 is 10.6 Å². The molecule has 0 saturated heterocycles. The second-order valence-corrected chi connectivity index (χ2v) is 5.63. The second kappa shape index (κ2) is 7.45. The van der Waals surface area contributed by atoms with Crippen molar-refractivity contribution in [2.24, 2.45) is 0 Å². The fourth-order valence-electron chi connectivity index (χ4n) is 2.60. The lowest BCUT2D eigenvalue weighted by molar-refractivity contribution is -0.114. The van der Waals surface area contributed by atoms with E-state index in [0.29, 0.717) is 11.3 Å². The number of carbonyl (C=O) groups is 2. The van der Waals surface area contributed by atoms with Crippen molar-refractivity contribution in [2.75, 3.05) is 10.6 Å². The summed E-state index contributed by atoms with van der Waals surface area (Å²) in [6.07, 6.45) is 0. The Balaban J connectivity index is 1.86. The van der Waals surface area contributed by atoms with Gasteiger partial charge in [-0.1, -0.05) is 54.6 Å². The first kappa shape index (κ1) is 16.5. The Kier molecular flexibility index (Phi) is 4.90. The summed E-state index contributed by atoms with van der Waals surface area (Å²) in [6, 6.07) is 24.4. The Labute approximate surface area is 146 Å². The van der Waals surface area contributed by atoms with Crippen molar-refractivity contribution in [1.82, 2.24) is 0 Å². The van der Waals surface area contributed by atoms with Gasteiger partial charge in [0.25, 0.3) is 5.91 Å². The number of rotatable bonds is 4. The van der Waals surface area contributed by atoms with E-state index in [0.717, 1.165) is 16.8 Å². The number of hydrogen-bond acceptors (Lipinski definition) is 2. The molecular formula is C21H18N2O2. The minimum absolute atomic E-state index is 0.174. The summed E-state index contributed by atoms with van der Waals surface area (Å²) in [5.41, 5.74) is 3.80. The van der Waals surface area contributed by atoms with Crippen molar-refractivity contribution in [3.05, 3.63) is 84.4 Å². The molecule has 2 amide bonds. The molecule has 0 aromatic heterocycles. The van der Waals surface area contributed by atoms with Crippen LogP contribution >= 0.6 is 0 Å². The highest BCUT2D eigenvalue weighted by molar-refractivity contribution is 6.07. The highest BCUT2D eigenvalue weighted by atomic mass is 16.2. The quantitative estimate of drug-likeness (QED) is 0.736. The van der Waals surface area contributed by atoms with Crippen molar-refractivity contribution in [2.45, 2.75) is 6.92 Å². The van der Waals surface area contributed by atoms with E-state index < -0.39 is 0 Å². The van der Waals surface area contributed by atoms with Crippen LogP contribution < -0.4 is 10.6 Å². The maximum atomic E-state index is 12.6. The van der Waals surface area contributed by atoms with Crippen molar-refractivity contribution in [3.8, 4) is 11.1 Å². The number of amides is 2. The van der Waals surface area contributed by atoms with Gasteiger partial charge in [0, 0.05) is 29.4 Å². The van der Waals surface area contributed by atoms with E-state index in [2.05, 4.69) is 10.6 Å². The fraction of sp³-hybridized carbons (Fsp3) is 0.0476. The molecule has 0 aliphatic rings. The molecule has 0 unspecified atom stereocenters. The molecule has 4 nitrogen and oxygen atoms in total. The van der Waals surface area contributed by atoms with Crippen LogP contribution in [0.5, 0.6) is 0 Å². The summed E-state index contributed by atoms with van der Waals surface area (Å²) >= 11 is 0. The summed E-state index contributed by atoms with van der Waals surface area (Å²) in [5.74, 6) is -0.400. The molecule has 124 valence electrons. The predicted octanol–water partition coefficient (Wildman–Crippen LogP) is 4.56. The van der Waals surface area contributed by atoms with Gasteiger partial charge in [-0.05, 0) is 29.8 Å². The van der Waals surface area contributed by atoms with Crippen molar-refractivity contribution in [1.29, 1.82) is 0 Å². The van der Waals surface area contributed by atoms with Gasteiger partial charge in [-0.25, -0.2) is 0 Å². The van der Waals surface area contributed by atoms with Crippen molar-refractivity contribution < 1.29 is 9.59 Å². The molecule has 2 N–H and O–H groups in total. The summed E-state index contributed by atoms with van der Waals surface area (Å²) in [6.45, 7) is 1.43. The molecular weight excluding hydrogens is 312 g/mol. The molecule has 0 aliphatic carbocycles. The standard InChI is InChI=1S/C21H18N2O2/c1-15(24)22-18-11-7-10-17(14-18)21(25)23-20-13-6-5-12-19(20)16-8-3-2-4-9-16/h2-14H,1H3,(H,22,24)(H,23,25). The monoisotopic (exact) mass is 330 g/mol. The summed E-state index contributed by atoms with van der Waals surface area (Å²) in [7, 11) is 0. The van der Waals surface area contributed by atoms with E-state index in [9.17, 15) is 9.59 Å². The number of para-hydroxylation sites is 1. The maximum Gasteiger partial charge on any atom is 0.255 e. The number of hydrogen-bond donors (Lipinski definition) is 2. The maximum absolute atomic E-state index is 12.6. The topological polar surface area (TPSA) is 58.2 Å². The summed E-state index contributed by atoms with van der Waals surface area (Å²) in [5, 5.41) is 5.64. The van der Waals surface area contributed by atoms with Gasteiger partial charge in [-0.15, -0.1) is 0 Å². The van der Waals surface area contributed by atoms with Crippen LogP contribution in [0.25, 0.3) is 11.1 Å². The molecule has 0 aliphatic heterocycles. The average molecular weight is 330 g/mol. The van der Waals surface area contributed by atoms with Gasteiger partial charge in [0.05, 0.1) is 0 Å². The van der Waals surface area contributed by atoms with E-state index >= 15 is 0 Å². The smallest absolute Gasteiger partial charge is 0.255 e. The molecule has 4 heteroatoms. The Morgan fingerprint density at radius 2 is 1.48 bits per heavy atom. The molecule has 3 aromatic rings. The number of anilines is 2. The van der Waals surface area contributed by atoms with Gasteiger partial charge in [0.15, 0.2) is 0 Å².